The van der Waals surface area contributed by atoms with E-state index in [-0.39, 0.29) is 24.2 Å². The molecular weight excluding hydrogens is 199 g/mol. The van der Waals surface area contributed by atoms with Gasteiger partial charge in [-0.05, 0) is 12.1 Å². The molecule has 0 aliphatic carbocycles. The van der Waals surface area contributed by atoms with E-state index in [4.69, 9.17) is 11.6 Å². The number of hydrogen-bond acceptors (Lipinski definition) is 2. The normalized spacial score (nSPS) is 8.42. The molecule has 1 aromatic rings. The summed E-state index contributed by atoms with van der Waals surface area (Å²) in [5, 5.41) is 2.58. The fourth-order valence-electron chi connectivity index (χ4n) is 0.630. The molecule has 1 N–H and O–H groups in total. The fourth-order valence-corrected chi connectivity index (χ4v) is 0.696. The van der Waals surface area contributed by atoms with E-state index in [2.05, 4.69) is 10.3 Å². The van der Waals surface area contributed by atoms with Gasteiger partial charge in [-0.25, -0.2) is 0 Å². The molecule has 66 valence electrons. The van der Waals surface area contributed by atoms with Crippen LogP contribution in [0.5, 0.6) is 0 Å². The Morgan fingerprint density at radius 3 is 2.58 bits per heavy atom. The first kappa shape index (κ1) is 11.2. The summed E-state index contributed by atoms with van der Waals surface area (Å²) in [6.45, 7) is 0. The van der Waals surface area contributed by atoms with Crippen molar-refractivity contribution in [3.63, 3.8) is 0 Å². The Balaban J connectivity index is 0.00000121. The summed E-state index contributed by atoms with van der Waals surface area (Å²) < 4.78 is 0. The lowest BCUT2D eigenvalue weighted by molar-refractivity contribution is -0.113. The van der Waals surface area contributed by atoms with Gasteiger partial charge in [-0.15, -0.1) is 24.0 Å². The van der Waals surface area contributed by atoms with Crippen molar-refractivity contribution in [1.29, 1.82) is 0 Å². The Labute approximate surface area is 81.5 Å². The molecule has 0 saturated carbocycles. The number of rotatable bonds is 2. The van der Waals surface area contributed by atoms with Crippen molar-refractivity contribution in [3.8, 4) is 0 Å². The van der Waals surface area contributed by atoms with Gasteiger partial charge in [0.25, 0.3) is 0 Å². The zero-order valence-corrected chi connectivity index (χ0v) is 7.73. The molecule has 1 heterocycles. The number of amides is 1. The minimum absolute atomic E-state index is 0. The van der Waals surface area contributed by atoms with E-state index in [0.29, 0.717) is 5.69 Å². The highest BCUT2D eigenvalue weighted by molar-refractivity contribution is 6.29. The van der Waals surface area contributed by atoms with Crippen LogP contribution in [0.25, 0.3) is 0 Å². The monoisotopic (exact) mass is 206 g/mol. The lowest BCUT2D eigenvalue weighted by Gasteiger charge is -1.99. The van der Waals surface area contributed by atoms with Crippen molar-refractivity contribution in [2.75, 3.05) is 11.2 Å². The van der Waals surface area contributed by atoms with E-state index in [0.717, 1.165) is 0 Å². The Bertz CT molecular complexity index is 240. The second kappa shape index (κ2) is 5.80. The van der Waals surface area contributed by atoms with Crippen LogP contribution in [0.15, 0.2) is 24.5 Å². The van der Waals surface area contributed by atoms with E-state index in [1.807, 2.05) is 0 Å². The topological polar surface area (TPSA) is 42.0 Å². The van der Waals surface area contributed by atoms with Crippen molar-refractivity contribution in [3.05, 3.63) is 24.5 Å². The Kier molecular flexibility index (Phi) is 5.41. The molecular formula is C7H8Cl2N2O. The van der Waals surface area contributed by atoms with Gasteiger partial charge in [0.15, 0.2) is 0 Å². The SMILES string of the molecule is Cl.O=C(CCl)Nc1ccncc1. The number of nitrogens with zero attached hydrogens (tertiary/aromatic N) is 1. The predicted octanol–water partition coefficient (Wildman–Crippen LogP) is 1.68. The first-order valence-corrected chi connectivity index (χ1v) is 3.62. The second-order valence-electron chi connectivity index (χ2n) is 1.92. The minimum atomic E-state index is -0.210. The number of anilines is 1. The Morgan fingerprint density at radius 2 is 2.08 bits per heavy atom. The van der Waals surface area contributed by atoms with Crippen LogP contribution in [0.4, 0.5) is 5.69 Å². The highest BCUT2D eigenvalue weighted by atomic mass is 35.5. The van der Waals surface area contributed by atoms with Crippen LogP contribution in [0.1, 0.15) is 0 Å². The van der Waals surface area contributed by atoms with E-state index < -0.39 is 0 Å². The van der Waals surface area contributed by atoms with Gasteiger partial charge in [0.2, 0.25) is 5.91 Å². The highest BCUT2D eigenvalue weighted by Crippen LogP contribution is 2.02. The molecule has 0 spiro atoms. The van der Waals surface area contributed by atoms with Crippen LogP contribution in [0.2, 0.25) is 0 Å². The maximum Gasteiger partial charge on any atom is 0.239 e. The smallest absolute Gasteiger partial charge is 0.239 e. The third-order valence-corrected chi connectivity index (χ3v) is 1.33. The average Bonchev–Trinajstić information content (AvgIpc) is 2.06. The fraction of sp³-hybridized carbons (Fsp3) is 0.143. The van der Waals surface area contributed by atoms with Crippen molar-refractivity contribution in [2.45, 2.75) is 0 Å². The molecule has 0 bridgehead atoms. The standard InChI is InChI=1S/C7H7ClN2O.ClH/c8-5-7(11)10-6-1-3-9-4-2-6;/h1-4H,5H2,(H,9,10,11);1H. The summed E-state index contributed by atoms with van der Waals surface area (Å²) in [5.74, 6) is -0.236. The summed E-state index contributed by atoms with van der Waals surface area (Å²) in [7, 11) is 0. The number of alkyl halides is 1. The second-order valence-corrected chi connectivity index (χ2v) is 2.18. The molecule has 3 nitrogen and oxygen atoms in total. The van der Waals surface area contributed by atoms with E-state index in [1.54, 1.807) is 24.5 Å². The van der Waals surface area contributed by atoms with Crippen molar-refractivity contribution >= 4 is 35.6 Å². The number of hydrogen-bond donors (Lipinski definition) is 1. The Hall–Kier alpha value is -0.800. The molecule has 0 atom stereocenters. The summed E-state index contributed by atoms with van der Waals surface area (Å²) in [6, 6.07) is 3.40. The first-order valence-electron chi connectivity index (χ1n) is 3.09. The van der Waals surface area contributed by atoms with Gasteiger partial charge in [-0.3, -0.25) is 9.78 Å². The molecule has 0 aliphatic heterocycles. The molecule has 0 unspecified atom stereocenters. The van der Waals surface area contributed by atoms with Gasteiger partial charge in [0, 0.05) is 18.1 Å². The molecule has 0 aromatic carbocycles. The van der Waals surface area contributed by atoms with Gasteiger partial charge < -0.3 is 5.32 Å². The van der Waals surface area contributed by atoms with Crippen LogP contribution < -0.4 is 5.32 Å². The van der Waals surface area contributed by atoms with E-state index >= 15 is 0 Å². The zero-order chi connectivity index (χ0) is 8.10. The molecule has 5 heteroatoms. The molecule has 1 rings (SSSR count). The van der Waals surface area contributed by atoms with Crippen LogP contribution >= 0.6 is 24.0 Å². The molecule has 1 aromatic heterocycles. The van der Waals surface area contributed by atoms with Crippen molar-refractivity contribution < 1.29 is 4.79 Å². The molecule has 12 heavy (non-hydrogen) atoms. The quantitative estimate of drug-likeness (QED) is 0.749. The molecule has 0 aliphatic rings. The van der Waals surface area contributed by atoms with Gasteiger partial charge in [0.05, 0.1) is 0 Å². The maximum atomic E-state index is 10.7. The number of pyridine rings is 1. The number of halogens is 2. The summed E-state index contributed by atoms with van der Waals surface area (Å²) in [5.41, 5.74) is 0.714. The zero-order valence-electron chi connectivity index (χ0n) is 6.16. The lowest BCUT2D eigenvalue weighted by atomic mass is 10.4. The number of aromatic nitrogens is 1. The molecule has 1 amide bonds. The maximum absolute atomic E-state index is 10.7. The summed E-state index contributed by atoms with van der Waals surface area (Å²) in [4.78, 5) is 14.5. The van der Waals surface area contributed by atoms with Crippen LogP contribution in [0.3, 0.4) is 0 Å². The summed E-state index contributed by atoms with van der Waals surface area (Å²) >= 11 is 5.27. The average molecular weight is 207 g/mol. The van der Waals surface area contributed by atoms with E-state index in [1.165, 1.54) is 0 Å². The first-order chi connectivity index (χ1) is 5.33. The highest BCUT2D eigenvalue weighted by Gasteiger charge is 1.97. The van der Waals surface area contributed by atoms with Gasteiger partial charge in [-0.1, -0.05) is 0 Å². The van der Waals surface area contributed by atoms with Gasteiger partial charge >= 0.3 is 0 Å². The molecule has 0 radical (unpaired) electrons. The molecule has 0 saturated heterocycles. The van der Waals surface area contributed by atoms with Gasteiger partial charge in [-0.2, -0.15) is 0 Å². The van der Waals surface area contributed by atoms with Gasteiger partial charge in [0.1, 0.15) is 5.88 Å². The van der Waals surface area contributed by atoms with Crippen LogP contribution in [-0.4, -0.2) is 16.8 Å². The molecule has 0 fully saturated rings. The third kappa shape index (κ3) is 3.55. The lowest BCUT2D eigenvalue weighted by Crippen LogP contribution is -2.12. The Morgan fingerprint density at radius 1 is 1.50 bits per heavy atom. The number of carbonyl (C=O) groups is 1. The minimum Gasteiger partial charge on any atom is -0.325 e. The predicted molar refractivity (Wildman–Crippen MR) is 50.8 cm³/mol. The number of nitrogens with one attached hydrogen (secondary N) is 1. The van der Waals surface area contributed by atoms with Crippen molar-refractivity contribution in [1.82, 2.24) is 4.98 Å². The third-order valence-electron chi connectivity index (χ3n) is 1.09. The number of carbonyl (C=O) groups excluding carboxylic acids is 1. The van der Waals surface area contributed by atoms with Crippen LogP contribution in [-0.2, 0) is 4.79 Å². The van der Waals surface area contributed by atoms with E-state index in [9.17, 15) is 4.79 Å². The van der Waals surface area contributed by atoms with Crippen molar-refractivity contribution in [2.24, 2.45) is 0 Å². The van der Waals surface area contributed by atoms with Crippen LogP contribution in [0, 0.1) is 0 Å². The largest absolute Gasteiger partial charge is 0.325 e. The summed E-state index contributed by atoms with van der Waals surface area (Å²) in [6.07, 6.45) is 3.20.